The quantitative estimate of drug-likeness (QED) is 0.609. The lowest BCUT2D eigenvalue weighted by atomic mass is 10.1. The first-order valence-electron chi connectivity index (χ1n) is 11.8. The summed E-state index contributed by atoms with van der Waals surface area (Å²) in [6.07, 6.45) is 2.23. The van der Waals surface area contributed by atoms with Gasteiger partial charge in [-0.3, -0.25) is 4.79 Å². The van der Waals surface area contributed by atoms with Crippen molar-refractivity contribution in [3.05, 3.63) is 72.4 Å². The van der Waals surface area contributed by atoms with Crippen molar-refractivity contribution in [3.8, 4) is 0 Å². The van der Waals surface area contributed by atoms with Crippen LogP contribution in [0.1, 0.15) is 5.56 Å². The molecule has 3 heterocycles. The van der Waals surface area contributed by atoms with Gasteiger partial charge in [0.15, 0.2) is 0 Å². The molecule has 0 saturated carbocycles. The summed E-state index contributed by atoms with van der Waals surface area (Å²) in [5.41, 5.74) is 3.20. The number of morpholine rings is 1. The highest BCUT2D eigenvalue weighted by molar-refractivity contribution is 5.79. The minimum absolute atomic E-state index is 0.177. The molecule has 1 N–H and O–H groups in total. The minimum atomic E-state index is 0.177. The molecule has 176 valence electrons. The number of hydrogen-bond donors (Lipinski definition) is 1. The van der Waals surface area contributed by atoms with Crippen molar-refractivity contribution in [2.75, 3.05) is 67.6 Å². The lowest BCUT2D eigenvalue weighted by molar-refractivity contribution is -0.130. The molecule has 3 aromatic rings. The summed E-state index contributed by atoms with van der Waals surface area (Å²) in [5, 5.41) is 3.31. The van der Waals surface area contributed by atoms with E-state index < -0.39 is 0 Å². The second kappa shape index (κ2) is 10.5. The number of amides is 1. The molecule has 0 bridgehead atoms. The van der Waals surface area contributed by atoms with Gasteiger partial charge in [-0.05, 0) is 35.9 Å². The Bertz CT molecular complexity index is 1080. The van der Waals surface area contributed by atoms with Gasteiger partial charge >= 0.3 is 0 Å². The van der Waals surface area contributed by atoms with Crippen LogP contribution in [0.25, 0.3) is 0 Å². The van der Waals surface area contributed by atoms with Gasteiger partial charge in [-0.25, -0.2) is 4.98 Å². The average Bonchev–Trinajstić information content (AvgIpc) is 2.90. The molecule has 8 heteroatoms. The van der Waals surface area contributed by atoms with Crippen LogP contribution >= 0.6 is 0 Å². The highest BCUT2D eigenvalue weighted by Crippen LogP contribution is 2.22. The van der Waals surface area contributed by atoms with Gasteiger partial charge in [0.05, 0.1) is 19.6 Å². The fourth-order valence-corrected chi connectivity index (χ4v) is 4.36. The molecular weight excluding hydrogens is 428 g/mol. The van der Waals surface area contributed by atoms with Crippen molar-refractivity contribution in [3.63, 3.8) is 0 Å². The summed E-state index contributed by atoms with van der Waals surface area (Å²) >= 11 is 0. The summed E-state index contributed by atoms with van der Waals surface area (Å²) in [6, 6.07) is 20.2. The maximum Gasteiger partial charge on any atom is 0.229 e. The van der Waals surface area contributed by atoms with E-state index in [2.05, 4.69) is 44.4 Å². The molecule has 8 nitrogen and oxygen atoms in total. The van der Waals surface area contributed by atoms with Gasteiger partial charge in [-0.1, -0.05) is 30.3 Å². The molecule has 1 aromatic heterocycles. The van der Waals surface area contributed by atoms with Crippen LogP contribution in [0.4, 0.5) is 23.1 Å². The molecule has 2 saturated heterocycles. The summed E-state index contributed by atoms with van der Waals surface area (Å²) in [6.45, 7) is 6.29. The number of anilines is 4. The Morgan fingerprint density at radius 2 is 1.59 bits per heavy atom. The summed E-state index contributed by atoms with van der Waals surface area (Å²) in [5.74, 6) is 1.62. The Labute approximate surface area is 200 Å². The van der Waals surface area contributed by atoms with Crippen molar-refractivity contribution in [1.29, 1.82) is 0 Å². The number of hydrogen-bond acceptors (Lipinski definition) is 7. The molecule has 2 fully saturated rings. The van der Waals surface area contributed by atoms with E-state index in [9.17, 15) is 4.79 Å². The Balaban J connectivity index is 1.16. The minimum Gasteiger partial charge on any atom is -0.378 e. The maximum atomic E-state index is 12.7. The first-order valence-corrected chi connectivity index (χ1v) is 11.8. The molecule has 0 unspecified atom stereocenters. The van der Waals surface area contributed by atoms with Gasteiger partial charge < -0.3 is 24.8 Å². The van der Waals surface area contributed by atoms with E-state index in [1.807, 2.05) is 41.3 Å². The number of benzene rings is 2. The standard InChI is InChI=1S/C26H30N6O2/c33-25(20-21-4-2-1-3-5-21)32-14-12-31(13-15-32)24-10-11-27-26(29-24)28-22-6-8-23(9-7-22)30-16-18-34-19-17-30/h1-11H,12-20H2,(H,27,28,29). The van der Waals surface area contributed by atoms with Crippen molar-refractivity contribution < 1.29 is 9.53 Å². The fraction of sp³-hybridized carbons (Fsp3) is 0.346. The average molecular weight is 459 g/mol. The number of ether oxygens (including phenoxy) is 1. The SMILES string of the molecule is O=C(Cc1ccccc1)N1CCN(c2ccnc(Nc3ccc(N4CCOCC4)cc3)n2)CC1. The second-order valence-corrected chi connectivity index (χ2v) is 8.54. The highest BCUT2D eigenvalue weighted by Gasteiger charge is 2.22. The first-order chi connectivity index (χ1) is 16.7. The van der Waals surface area contributed by atoms with E-state index in [1.165, 1.54) is 5.69 Å². The molecule has 0 radical (unpaired) electrons. The van der Waals surface area contributed by atoms with Crippen LogP contribution in [0.15, 0.2) is 66.9 Å². The van der Waals surface area contributed by atoms with Gasteiger partial charge in [0.1, 0.15) is 5.82 Å². The Hall–Kier alpha value is -3.65. The lowest BCUT2D eigenvalue weighted by Crippen LogP contribution is -2.49. The topological polar surface area (TPSA) is 73.8 Å². The predicted octanol–water partition coefficient (Wildman–Crippen LogP) is 2.95. The van der Waals surface area contributed by atoms with E-state index in [1.54, 1.807) is 6.20 Å². The van der Waals surface area contributed by atoms with Crippen LogP contribution in [0.3, 0.4) is 0 Å². The molecule has 5 rings (SSSR count). The first kappa shape index (κ1) is 22.2. The zero-order valence-corrected chi connectivity index (χ0v) is 19.3. The Morgan fingerprint density at radius 1 is 0.853 bits per heavy atom. The Kier molecular flexibility index (Phi) is 6.86. The van der Waals surface area contributed by atoms with Crippen LogP contribution in [-0.2, 0) is 16.0 Å². The molecule has 2 aliphatic rings. The molecule has 2 aromatic carbocycles. The van der Waals surface area contributed by atoms with Crippen molar-refractivity contribution in [1.82, 2.24) is 14.9 Å². The van der Waals surface area contributed by atoms with E-state index in [0.29, 0.717) is 25.5 Å². The fourth-order valence-electron chi connectivity index (χ4n) is 4.36. The third kappa shape index (κ3) is 5.46. The molecule has 1 amide bonds. The summed E-state index contributed by atoms with van der Waals surface area (Å²) in [4.78, 5) is 28.2. The van der Waals surface area contributed by atoms with Crippen LogP contribution in [0, 0.1) is 0 Å². The number of aromatic nitrogens is 2. The molecule has 0 aliphatic carbocycles. The molecular formula is C26H30N6O2. The van der Waals surface area contributed by atoms with Gasteiger partial charge in [0.2, 0.25) is 11.9 Å². The highest BCUT2D eigenvalue weighted by atomic mass is 16.5. The van der Waals surface area contributed by atoms with Crippen molar-refractivity contribution in [2.45, 2.75) is 6.42 Å². The van der Waals surface area contributed by atoms with Gasteiger partial charge in [-0.15, -0.1) is 0 Å². The number of nitrogens with zero attached hydrogens (tertiary/aromatic N) is 5. The largest absolute Gasteiger partial charge is 0.378 e. The molecule has 0 spiro atoms. The zero-order valence-electron chi connectivity index (χ0n) is 19.3. The zero-order chi connectivity index (χ0) is 23.2. The Morgan fingerprint density at radius 3 is 2.32 bits per heavy atom. The predicted molar refractivity (Wildman–Crippen MR) is 134 cm³/mol. The number of carbonyl (C=O) groups is 1. The van der Waals surface area contributed by atoms with Gasteiger partial charge in [0.25, 0.3) is 0 Å². The molecule has 2 aliphatic heterocycles. The number of piperazine rings is 1. The second-order valence-electron chi connectivity index (χ2n) is 8.54. The van der Waals surface area contributed by atoms with E-state index in [-0.39, 0.29) is 5.91 Å². The smallest absolute Gasteiger partial charge is 0.229 e. The van der Waals surface area contributed by atoms with E-state index in [4.69, 9.17) is 9.72 Å². The van der Waals surface area contributed by atoms with Crippen LogP contribution < -0.4 is 15.1 Å². The van der Waals surface area contributed by atoms with E-state index >= 15 is 0 Å². The van der Waals surface area contributed by atoms with E-state index in [0.717, 1.165) is 56.5 Å². The monoisotopic (exact) mass is 458 g/mol. The van der Waals surface area contributed by atoms with Crippen LogP contribution in [0.5, 0.6) is 0 Å². The van der Waals surface area contributed by atoms with Crippen LogP contribution in [-0.4, -0.2) is 73.3 Å². The van der Waals surface area contributed by atoms with Gasteiger partial charge in [-0.2, -0.15) is 4.98 Å². The number of nitrogens with one attached hydrogen (secondary N) is 1. The van der Waals surface area contributed by atoms with Crippen LogP contribution in [0.2, 0.25) is 0 Å². The normalized spacial score (nSPS) is 16.4. The summed E-state index contributed by atoms with van der Waals surface area (Å²) in [7, 11) is 0. The lowest BCUT2D eigenvalue weighted by Gasteiger charge is -2.35. The number of carbonyl (C=O) groups excluding carboxylic acids is 1. The molecule has 34 heavy (non-hydrogen) atoms. The third-order valence-corrected chi connectivity index (χ3v) is 6.30. The number of rotatable bonds is 6. The van der Waals surface area contributed by atoms with Crippen molar-refractivity contribution >= 4 is 29.0 Å². The van der Waals surface area contributed by atoms with Crippen molar-refractivity contribution in [2.24, 2.45) is 0 Å². The maximum absolute atomic E-state index is 12.7. The third-order valence-electron chi connectivity index (χ3n) is 6.30. The summed E-state index contributed by atoms with van der Waals surface area (Å²) < 4.78 is 5.43. The molecule has 0 atom stereocenters. The van der Waals surface area contributed by atoms with Gasteiger partial charge in [0, 0.05) is 56.8 Å².